The van der Waals surface area contributed by atoms with Gasteiger partial charge >= 0.3 is 0 Å². The summed E-state index contributed by atoms with van der Waals surface area (Å²) in [6.07, 6.45) is 0. The first-order valence-electron chi connectivity index (χ1n) is 20.8. The van der Waals surface area contributed by atoms with Gasteiger partial charge in [-0.05, 0) is 127 Å². The summed E-state index contributed by atoms with van der Waals surface area (Å²) in [4.78, 5) is 2.44. The number of hydrogen-bond donors (Lipinski definition) is 0. The van der Waals surface area contributed by atoms with Crippen LogP contribution in [0.15, 0.2) is 194 Å². The number of thiophene rings is 1. The van der Waals surface area contributed by atoms with E-state index in [0.29, 0.717) is 0 Å². The monoisotopic (exact) mass is 782 g/mol. The second-order valence-corrected chi connectivity index (χ2v) is 17.9. The van der Waals surface area contributed by atoms with Gasteiger partial charge in [0, 0.05) is 59.1 Å². The van der Waals surface area contributed by atoms with E-state index >= 15 is 0 Å². The summed E-state index contributed by atoms with van der Waals surface area (Å²) in [7, 11) is 0. The highest BCUT2D eigenvalue weighted by Crippen LogP contribution is 2.52. The molecule has 0 saturated heterocycles. The van der Waals surface area contributed by atoms with E-state index in [0.717, 1.165) is 22.7 Å². The molecule has 0 spiro atoms. The van der Waals surface area contributed by atoms with Crippen molar-refractivity contribution in [3.05, 3.63) is 205 Å². The molecule has 0 fully saturated rings. The Hall–Kier alpha value is -7.20. The molecule has 0 bridgehead atoms. The molecule has 10 aromatic carbocycles. The van der Waals surface area contributed by atoms with Gasteiger partial charge in [-0.2, -0.15) is 0 Å². The van der Waals surface area contributed by atoms with Crippen LogP contribution in [-0.4, -0.2) is 4.57 Å². The van der Waals surface area contributed by atoms with Crippen LogP contribution in [0.5, 0.6) is 0 Å². The molecule has 0 atom stereocenters. The molecule has 0 unspecified atom stereocenters. The van der Waals surface area contributed by atoms with Gasteiger partial charge in [-0.1, -0.05) is 135 Å². The van der Waals surface area contributed by atoms with E-state index in [9.17, 15) is 0 Å². The lowest BCUT2D eigenvalue weighted by atomic mass is 9.82. The summed E-state index contributed by atoms with van der Waals surface area (Å²) in [5, 5.41) is 13.0. The van der Waals surface area contributed by atoms with E-state index in [1.54, 1.807) is 0 Å². The molecule has 2 aromatic heterocycles. The molecule has 12 aromatic rings. The van der Waals surface area contributed by atoms with Crippen molar-refractivity contribution in [3.8, 4) is 16.8 Å². The van der Waals surface area contributed by atoms with Crippen molar-refractivity contribution in [1.29, 1.82) is 0 Å². The zero-order valence-electron chi connectivity index (χ0n) is 33.3. The average Bonchev–Trinajstić information content (AvgIpc) is 3.91. The molecule has 1 aliphatic rings. The Morgan fingerprint density at radius 1 is 0.400 bits per heavy atom. The van der Waals surface area contributed by atoms with Crippen molar-refractivity contribution in [3.63, 3.8) is 0 Å². The van der Waals surface area contributed by atoms with Crippen LogP contribution in [0, 0.1) is 0 Å². The lowest BCUT2D eigenvalue weighted by Gasteiger charge is -2.28. The molecule has 282 valence electrons. The number of rotatable bonds is 4. The van der Waals surface area contributed by atoms with Crippen molar-refractivity contribution in [2.45, 2.75) is 19.3 Å². The van der Waals surface area contributed by atoms with Gasteiger partial charge in [-0.3, -0.25) is 0 Å². The second kappa shape index (κ2) is 12.4. The first-order chi connectivity index (χ1) is 29.5. The number of anilines is 3. The normalized spacial score (nSPS) is 13.3. The Kier molecular flexibility index (Phi) is 6.98. The molecule has 0 N–H and O–H groups in total. The van der Waals surface area contributed by atoms with Crippen LogP contribution in [-0.2, 0) is 5.41 Å². The van der Waals surface area contributed by atoms with Crippen LogP contribution in [0.2, 0.25) is 0 Å². The zero-order chi connectivity index (χ0) is 39.7. The molecule has 3 heteroatoms. The van der Waals surface area contributed by atoms with E-state index in [4.69, 9.17) is 0 Å². The molecular formula is C57H38N2S. The fraction of sp³-hybridized carbons (Fsp3) is 0.0526. The van der Waals surface area contributed by atoms with Gasteiger partial charge in [-0.25, -0.2) is 0 Å². The van der Waals surface area contributed by atoms with Gasteiger partial charge in [0.05, 0.1) is 11.0 Å². The molecule has 13 rings (SSSR count). The van der Waals surface area contributed by atoms with Crippen LogP contribution < -0.4 is 4.90 Å². The minimum absolute atomic E-state index is 0.104. The van der Waals surface area contributed by atoms with E-state index in [-0.39, 0.29) is 5.41 Å². The molecule has 0 radical (unpaired) electrons. The van der Waals surface area contributed by atoms with Crippen molar-refractivity contribution < 1.29 is 0 Å². The summed E-state index contributed by atoms with van der Waals surface area (Å²) in [6.45, 7) is 4.73. The van der Waals surface area contributed by atoms with Gasteiger partial charge in [0.1, 0.15) is 0 Å². The zero-order valence-corrected chi connectivity index (χ0v) is 34.1. The predicted molar refractivity (Wildman–Crippen MR) is 258 cm³/mol. The minimum atomic E-state index is -0.104. The van der Waals surface area contributed by atoms with E-state index in [1.807, 2.05) is 11.3 Å². The number of nitrogens with zero attached hydrogens (tertiary/aromatic N) is 2. The van der Waals surface area contributed by atoms with Crippen LogP contribution in [0.25, 0.3) is 91.1 Å². The Morgan fingerprint density at radius 3 is 1.73 bits per heavy atom. The maximum absolute atomic E-state index is 2.47. The molecule has 2 nitrogen and oxygen atoms in total. The third kappa shape index (κ3) is 4.64. The van der Waals surface area contributed by atoms with E-state index in [2.05, 4.69) is 217 Å². The molecule has 0 saturated carbocycles. The number of fused-ring (bicyclic) bond motifs is 16. The third-order valence-corrected chi connectivity index (χ3v) is 14.5. The highest BCUT2D eigenvalue weighted by Gasteiger charge is 2.36. The highest BCUT2D eigenvalue weighted by molar-refractivity contribution is 7.27. The topological polar surface area (TPSA) is 8.17 Å². The fourth-order valence-corrected chi connectivity index (χ4v) is 11.9. The van der Waals surface area contributed by atoms with Crippen molar-refractivity contribution in [1.82, 2.24) is 4.57 Å². The summed E-state index contributed by atoms with van der Waals surface area (Å²) >= 11 is 1.93. The van der Waals surface area contributed by atoms with Crippen LogP contribution >= 0.6 is 11.3 Å². The first-order valence-corrected chi connectivity index (χ1v) is 21.7. The number of aromatic nitrogens is 1. The van der Waals surface area contributed by atoms with E-state index in [1.165, 1.54) is 96.5 Å². The van der Waals surface area contributed by atoms with E-state index < -0.39 is 0 Å². The Labute approximate surface area is 351 Å². The van der Waals surface area contributed by atoms with Gasteiger partial charge in [0.2, 0.25) is 0 Å². The molecular weight excluding hydrogens is 745 g/mol. The summed E-state index contributed by atoms with van der Waals surface area (Å²) in [6, 6.07) is 72.2. The molecule has 2 heterocycles. The summed E-state index contributed by atoms with van der Waals surface area (Å²) < 4.78 is 5.10. The molecule has 0 amide bonds. The Morgan fingerprint density at radius 2 is 0.983 bits per heavy atom. The van der Waals surface area contributed by atoms with Gasteiger partial charge in [-0.15, -0.1) is 11.3 Å². The van der Waals surface area contributed by atoms with Crippen LogP contribution in [0.4, 0.5) is 17.1 Å². The standard InChI is InChI=1S/C57H38N2S/c1-57(2)50-24-14-13-23-43(50)44-27-25-38(32-51(44)57)58(35-15-5-3-6-16-35)37-26-29-52-49(31-37)55-53(59(52)36-17-7-4-8-18-36)30-28-45-48-33-46-41-21-11-9-19-39(41)40-20-10-12-22-42(40)47(46)34-54(48)60-56(45)55/h3-34H,1-2H3. The van der Waals surface area contributed by atoms with Crippen molar-refractivity contribution in [2.24, 2.45) is 0 Å². The smallest absolute Gasteiger partial charge is 0.0555 e. The molecule has 0 aliphatic heterocycles. The number of para-hydroxylation sites is 2. The van der Waals surface area contributed by atoms with Gasteiger partial charge < -0.3 is 9.47 Å². The van der Waals surface area contributed by atoms with Crippen molar-refractivity contribution >= 4 is 103 Å². The van der Waals surface area contributed by atoms with Gasteiger partial charge in [0.15, 0.2) is 0 Å². The van der Waals surface area contributed by atoms with Crippen LogP contribution in [0.3, 0.4) is 0 Å². The predicted octanol–water partition coefficient (Wildman–Crippen LogP) is 16.4. The highest BCUT2D eigenvalue weighted by atomic mass is 32.1. The SMILES string of the molecule is CC1(C)c2ccccc2-c2ccc(N(c3ccccc3)c3ccc4c(c3)c3c5sc6cc7c8ccccc8c8ccccc8c7cc6c5ccc3n4-c3ccccc3)cc21. The lowest BCUT2D eigenvalue weighted by Crippen LogP contribution is -2.16. The fourth-order valence-electron chi connectivity index (χ4n) is 10.6. The quantitative estimate of drug-likeness (QED) is 0.161. The number of hydrogen-bond acceptors (Lipinski definition) is 2. The largest absolute Gasteiger partial charge is 0.310 e. The summed E-state index contributed by atoms with van der Waals surface area (Å²) in [5.74, 6) is 0. The maximum atomic E-state index is 2.47. The molecule has 60 heavy (non-hydrogen) atoms. The lowest BCUT2D eigenvalue weighted by molar-refractivity contribution is 0.660. The maximum Gasteiger partial charge on any atom is 0.0555 e. The van der Waals surface area contributed by atoms with Crippen molar-refractivity contribution in [2.75, 3.05) is 4.90 Å². The average molecular weight is 783 g/mol. The Balaban J connectivity index is 1.10. The first kappa shape index (κ1) is 33.7. The number of benzene rings is 10. The third-order valence-electron chi connectivity index (χ3n) is 13.3. The minimum Gasteiger partial charge on any atom is -0.310 e. The Bertz CT molecular complexity index is 3740. The van der Waals surface area contributed by atoms with Crippen LogP contribution in [0.1, 0.15) is 25.0 Å². The second-order valence-electron chi connectivity index (χ2n) is 16.9. The summed E-state index contributed by atoms with van der Waals surface area (Å²) in [5.41, 5.74) is 12.3. The molecule has 1 aliphatic carbocycles. The van der Waals surface area contributed by atoms with Gasteiger partial charge in [0.25, 0.3) is 0 Å².